The first kappa shape index (κ1) is 14.4. The van der Waals surface area contributed by atoms with Gasteiger partial charge < -0.3 is 15.2 Å². The molecule has 0 aromatic carbocycles. The summed E-state index contributed by atoms with van der Waals surface area (Å²) in [7, 11) is 1.52. The molecule has 0 radical (unpaired) electrons. The summed E-state index contributed by atoms with van der Waals surface area (Å²) < 4.78 is 5.15. The number of carbonyl (C=O) groups is 1. The molecule has 0 rings (SSSR count). The molecular weight excluding hydrogens is 194 g/mol. The summed E-state index contributed by atoms with van der Waals surface area (Å²) in [5.41, 5.74) is -0.786. The van der Waals surface area contributed by atoms with Gasteiger partial charge in [0.25, 0.3) is 5.91 Å². The molecule has 1 amide bonds. The van der Waals surface area contributed by atoms with Crippen LogP contribution in [0.15, 0.2) is 0 Å². The Morgan fingerprint density at radius 2 is 2.13 bits per heavy atom. The minimum atomic E-state index is -0.786. The molecule has 0 aliphatic heterocycles. The summed E-state index contributed by atoms with van der Waals surface area (Å²) in [5.74, 6) is -0.164. The van der Waals surface area contributed by atoms with Crippen LogP contribution in [0.1, 0.15) is 40.0 Å². The van der Waals surface area contributed by atoms with Gasteiger partial charge in [-0.05, 0) is 19.8 Å². The van der Waals surface area contributed by atoms with Gasteiger partial charge in [0.05, 0.1) is 6.10 Å². The van der Waals surface area contributed by atoms with Gasteiger partial charge in [0.2, 0.25) is 0 Å². The molecule has 4 heteroatoms. The average molecular weight is 217 g/mol. The molecule has 0 bridgehead atoms. The van der Waals surface area contributed by atoms with Crippen LogP contribution in [0.2, 0.25) is 0 Å². The molecule has 4 nitrogen and oxygen atoms in total. The number of ether oxygens (including phenoxy) is 1. The highest BCUT2D eigenvalue weighted by atomic mass is 16.5. The highest BCUT2D eigenvalue weighted by Crippen LogP contribution is 2.13. The van der Waals surface area contributed by atoms with Gasteiger partial charge in [-0.15, -0.1) is 0 Å². The minimum absolute atomic E-state index is 0.164. The topological polar surface area (TPSA) is 58.6 Å². The second-order valence-corrected chi connectivity index (χ2v) is 3.94. The van der Waals surface area contributed by atoms with Gasteiger partial charge in [-0.2, -0.15) is 0 Å². The van der Waals surface area contributed by atoms with Crippen LogP contribution < -0.4 is 5.32 Å². The van der Waals surface area contributed by atoms with Gasteiger partial charge in [0.15, 0.2) is 0 Å². The van der Waals surface area contributed by atoms with E-state index < -0.39 is 11.7 Å². The second kappa shape index (κ2) is 6.80. The van der Waals surface area contributed by atoms with Gasteiger partial charge in [0.1, 0.15) is 5.60 Å². The Bertz CT molecular complexity index is 190. The Morgan fingerprint density at radius 3 is 2.53 bits per heavy atom. The van der Waals surface area contributed by atoms with E-state index in [1.807, 2.05) is 13.8 Å². The van der Waals surface area contributed by atoms with Crippen molar-refractivity contribution in [2.45, 2.75) is 51.7 Å². The molecule has 2 N–H and O–H groups in total. The zero-order chi connectivity index (χ0) is 11.9. The van der Waals surface area contributed by atoms with Crippen molar-refractivity contribution in [1.29, 1.82) is 0 Å². The number of nitrogens with one attached hydrogen (secondary N) is 1. The Morgan fingerprint density at radius 1 is 1.53 bits per heavy atom. The summed E-state index contributed by atoms with van der Waals surface area (Å²) in [5, 5.41) is 12.1. The Labute approximate surface area is 92.0 Å². The van der Waals surface area contributed by atoms with E-state index in [1.54, 1.807) is 6.92 Å². The van der Waals surface area contributed by atoms with E-state index in [1.165, 1.54) is 7.11 Å². The maximum Gasteiger partial charge on any atom is 0.252 e. The molecule has 90 valence electrons. The van der Waals surface area contributed by atoms with Crippen molar-refractivity contribution in [3.8, 4) is 0 Å². The van der Waals surface area contributed by atoms with Gasteiger partial charge in [-0.3, -0.25) is 4.79 Å². The van der Waals surface area contributed by atoms with Crippen LogP contribution in [-0.4, -0.2) is 36.4 Å². The lowest BCUT2D eigenvalue weighted by atomic mass is 10.0. The molecule has 0 aromatic rings. The zero-order valence-corrected chi connectivity index (χ0v) is 10.2. The van der Waals surface area contributed by atoms with Crippen molar-refractivity contribution in [1.82, 2.24) is 5.32 Å². The van der Waals surface area contributed by atoms with Crippen LogP contribution in [0.25, 0.3) is 0 Å². The Hall–Kier alpha value is -0.610. The molecule has 2 atom stereocenters. The maximum atomic E-state index is 11.7. The number of aliphatic hydroxyl groups is 1. The van der Waals surface area contributed by atoms with Crippen molar-refractivity contribution in [3.63, 3.8) is 0 Å². The number of hydrogen-bond donors (Lipinski definition) is 2. The Kier molecular flexibility index (Phi) is 6.52. The quantitative estimate of drug-likeness (QED) is 0.671. The molecule has 0 aromatic heterocycles. The van der Waals surface area contributed by atoms with Gasteiger partial charge in [-0.25, -0.2) is 0 Å². The molecular formula is C11H23NO3. The van der Waals surface area contributed by atoms with Crippen molar-refractivity contribution in [3.05, 3.63) is 0 Å². The molecule has 2 unspecified atom stereocenters. The largest absolute Gasteiger partial charge is 0.391 e. The van der Waals surface area contributed by atoms with Crippen molar-refractivity contribution >= 4 is 5.91 Å². The van der Waals surface area contributed by atoms with Gasteiger partial charge >= 0.3 is 0 Å². The fourth-order valence-corrected chi connectivity index (χ4v) is 1.23. The highest BCUT2D eigenvalue weighted by Gasteiger charge is 2.30. The predicted octanol–water partition coefficient (Wildman–Crippen LogP) is 1.08. The first-order valence-corrected chi connectivity index (χ1v) is 5.51. The maximum absolute atomic E-state index is 11.7. The standard InChI is InChI=1S/C11H23NO3/c1-5-7-9(13)8-12-10(14)11(3,6-2)15-4/h9,13H,5-8H2,1-4H3,(H,12,14). The van der Waals surface area contributed by atoms with E-state index >= 15 is 0 Å². The number of rotatable bonds is 7. The average Bonchev–Trinajstić information content (AvgIpc) is 2.25. The number of carbonyl (C=O) groups excluding carboxylic acids is 1. The molecule has 0 spiro atoms. The summed E-state index contributed by atoms with van der Waals surface area (Å²) in [6.07, 6.45) is 1.76. The predicted molar refractivity (Wildman–Crippen MR) is 59.6 cm³/mol. The van der Waals surface area contributed by atoms with Gasteiger partial charge in [-0.1, -0.05) is 20.3 Å². The molecule has 15 heavy (non-hydrogen) atoms. The third kappa shape index (κ3) is 4.62. The fourth-order valence-electron chi connectivity index (χ4n) is 1.23. The molecule has 0 aliphatic carbocycles. The third-order valence-electron chi connectivity index (χ3n) is 2.73. The first-order valence-electron chi connectivity index (χ1n) is 5.51. The van der Waals surface area contributed by atoms with Crippen molar-refractivity contribution in [2.24, 2.45) is 0 Å². The molecule has 0 aliphatic rings. The fraction of sp³-hybridized carbons (Fsp3) is 0.909. The van der Waals surface area contributed by atoms with E-state index in [2.05, 4.69) is 5.32 Å². The van der Waals surface area contributed by atoms with Crippen molar-refractivity contribution in [2.75, 3.05) is 13.7 Å². The zero-order valence-electron chi connectivity index (χ0n) is 10.2. The van der Waals surface area contributed by atoms with Gasteiger partial charge in [0, 0.05) is 13.7 Å². The lowest BCUT2D eigenvalue weighted by Gasteiger charge is -2.25. The summed E-state index contributed by atoms with van der Waals surface area (Å²) in [6, 6.07) is 0. The van der Waals surface area contributed by atoms with Crippen LogP contribution >= 0.6 is 0 Å². The molecule has 0 heterocycles. The number of aliphatic hydroxyl groups excluding tert-OH is 1. The van der Waals surface area contributed by atoms with E-state index in [0.717, 1.165) is 6.42 Å². The van der Waals surface area contributed by atoms with Crippen LogP contribution in [0.3, 0.4) is 0 Å². The molecule has 0 saturated carbocycles. The van der Waals surface area contributed by atoms with E-state index in [4.69, 9.17) is 4.74 Å². The van der Waals surface area contributed by atoms with Crippen molar-refractivity contribution < 1.29 is 14.6 Å². The first-order chi connectivity index (χ1) is 7.00. The summed E-state index contributed by atoms with van der Waals surface area (Å²) in [6.45, 7) is 5.93. The second-order valence-electron chi connectivity index (χ2n) is 3.94. The molecule has 0 saturated heterocycles. The third-order valence-corrected chi connectivity index (χ3v) is 2.73. The van der Waals surface area contributed by atoms with Crippen LogP contribution in [0.4, 0.5) is 0 Å². The van der Waals surface area contributed by atoms with Crippen LogP contribution in [-0.2, 0) is 9.53 Å². The lowest BCUT2D eigenvalue weighted by molar-refractivity contribution is -0.142. The normalized spacial score (nSPS) is 16.9. The van der Waals surface area contributed by atoms with Crippen LogP contribution in [0, 0.1) is 0 Å². The summed E-state index contributed by atoms with van der Waals surface area (Å²) >= 11 is 0. The SMILES string of the molecule is CCCC(O)CNC(=O)C(C)(CC)OC. The number of methoxy groups -OCH3 is 1. The van der Waals surface area contributed by atoms with E-state index in [-0.39, 0.29) is 5.91 Å². The smallest absolute Gasteiger partial charge is 0.252 e. The number of hydrogen-bond acceptors (Lipinski definition) is 3. The minimum Gasteiger partial charge on any atom is -0.391 e. The Balaban J connectivity index is 4.02. The monoisotopic (exact) mass is 217 g/mol. The van der Waals surface area contributed by atoms with E-state index in [0.29, 0.717) is 19.4 Å². The number of amides is 1. The van der Waals surface area contributed by atoms with Crippen LogP contribution in [0.5, 0.6) is 0 Å². The highest BCUT2D eigenvalue weighted by molar-refractivity contribution is 5.84. The lowest BCUT2D eigenvalue weighted by Crippen LogP contribution is -2.47. The summed E-state index contributed by atoms with van der Waals surface area (Å²) in [4.78, 5) is 11.7. The molecule has 0 fully saturated rings. The van der Waals surface area contributed by atoms with E-state index in [9.17, 15) is 9.90 Å².